The second-order valence-corrected chi connectivity index (χ2v) is 5.80. The Bertz CT molecular complexity index is 946. The molecule has 3 rings (SSSR count). The minimum Gasteiger partial charge on any atom is -0.313 e. The minimum absolute atomic E-state index is 0.0405. The highest BCUT2D eigenvalue weighted by Crippen LogP contribution is 2.30. The standard InChI is InChI=1S/C19H15ClN2O/c1-12-3-8-16-17(9-12)22(13(2)19(16)18(23)10-20)15-6-4-14(11-21)5-7-15/h3-9H,10H2,1-2H3. The van der Waals surface area contributed by atoms with E-state index in [0.717, 1.165) is 27.8 Å². The third kappa shape index (κ3) is 2.52. The van der Waals surface area contributed by atoms with Crippen LogP contribution in [0.4, 0.5) is 0 Å². The Balaban J connectivity index is 2.35. The smallest absolute Gasteiger partial charge is 0.180 e. The zero-order chi connectivity index (χ0) is 16.6. The number of carbonyl (C=O) groups is 1. The van der Waals surface area contributed by atoms with Crippen LogP contribution in [-0.2, 0) is 0 Å². The number of hydrogen-bond donors (Lipinski definition) is 0. The Labute approximate surface area is 139 Å². The number of carbonyl (C=O) groups excluding carboxylic acids is 1. The molecule has 0 fully saturated rings. The highest BCUT2D eigenvalue weighted by molar-refractivity contribution is 6.32. The van der Waals surface area contributed by atoms with Crippen molar-refractivity contribution < 1.29 is 4.79 Å². The van der Waals surface area contributed by atoms with Crippen molar-refractivity contribution in [3.8, 4) is 11.8 Å². The van der Waals surface area contributed by atoms with E-state index in [1.807, 2.05) is 42.7 Å². The quantitative estimate of drug-likeness (QED) is 0.525. The predicted octanol–water partition coefficient (Wildman–Crippen LogP) is 4.54. The Morgan fingerprint density at radius 2 is 1.87 bits per heavy atom. The molecule has 0 unspecified atom stereocenters. The van der Waals surface area contributed by atoms with Crippen LogP contribution in [0.15, 0.2) is 42.5 Å². The van der Waals surface area contributed by atoms with Gasteiger partial charge in [-0.15, -0.1) is 11.6 Å². The van der Waals surface area contributed by atoms with Crippen LogP contribution in [0.3, 0.4) is 0 Å². The van der Waals surface area contributed by atoms with Gasteiger partial charge in [-0.25, -0.2) is 0 Å². The maximum atomic E-state index is 12.3. The van der Waals surface area contributed by atoms with Crippen LogP contribution in [0.25, 0.3) is 16.6 Å². The number of alkyl halides is 1. The van der Waals surface area contributed by atoms with Gasteiger partial charge in [0.15, 0.2) is 5.78 Å². The summed E-state index contributed by atoms with van der Waals surface area (Å²) in [6.07, 6.45) is 0. The first-order chi connectivity index (χ1) is 11.1. The summed E-state index contributed by atoms with van der Waals surface area (Å²) >= 11 is 5.79. The Hall–Kier alpha value is -2.57. The van der Waals surface area contributed by atoms with Crippen molar-refractivity contribution in [1.29, 1.82) is 5.26 Å². The van der Waals surface area contributed by atoms with Gasteiger partial charge in [0, 0.05) is 22.3 Å². The fourth-order valence-electron chi connectivity index (χ4n) is 2.96. The first kappa shape index (κ1) is 15.3. The average Bonchev–Trinajstić information content (AvgIpc) is 2.85. The van der Waals surface area contributed by atoms with Gasteiger partial charge in [-0.1, -0.05) is 12.1 Å². The molecule has 0 atom stereocenters. The van der Waals surface area contributed by atoms with E-state index in [0.29, 0.717) is 11.1 Å². The molecule has 114 valence electrons. The summed E-state index contributed by atoms with van der Waals surface area (Å²) in [5.74, 6) is -0.119. The Morgan fingerprint density at radius 1 is 1.17 bits per heavy atom. The SMILES string of the molecule is Cc1ccc2c(C(=O)CCl)c(C)n(-c3ccc(C#N)cc3)c2c1. The maximum Gasteiger partial charge on any atom is 0.180 e. The Morgan fingerprint density at radius 3 is 2.48 bits per heavy atom. The molecular weight excluding hydrogens is 308 g/mol. The summed E-state index contributed by atoms with van der Waals surface area (Å²) in [4.78, 5) is 12.3. The maximum absolute atomic E-state index is 12.3. The molecule has 0 saturated carbocycles. The number of ketones is 1. The normalized spacial score (nSPS) is 10.7. The largest absolute Gasteiger partial charge is 0.313 e. The first-order valence-corrected chi connectivity index (χ1v) is 7.81. The van der Waals surface area contributed by atoms with Crippen molar-refractivity contribution in [2.45, 2.75) is 13.8 Å². The van der Waals surface area contributed by atoms with E-state index in [4.69, 9.17) is 16.9 Å². The lowest BCUT2D eigenvalue weighted by Gasteiger charge is -2.09. The first-order valence-electron chi connectivity index (χ1n) is 7.28. The molecule has 0 amide bonds. The fraction of sp³-hybridized carbons (Fsp3) is 0.158. The van der Waals surface area contributed by atoms with Gasteiger partial charge < -0.3 is 4.57 Å². The van der Waals surface area contributed by atoms with Gasteiger partial charge in [0.1, 0.15) is 0 Å². The summed E-state index contributed by atoms with van der Waals surface area (Å²) < 4.78 is 2.04. The lowest BCUT2D eigenvalue weighted by molar-refractivity contribution is 0.102. The molecule has 0 spiro atoms. The number of fused-ring (bicyclic) bond motifs is 1. The zero-order valence-electron chi connectivity index (χ0n) is 12.9. The summed E-state index contributed by atoms with van der Waals surface area (Å²) in [6, 6.07) is 15.5. The molecule has 0 aliphatic rings. The number of rotatable bonds is 3. The second-order valence-electron chi connectivity index (χ2n) is 5.53. The van der Waals surface area contributed by atoms with Crippen molar-refractivity contribution in [1.82, 2.24) is 4.57 Å². The molecule has 1 heterocycles. The highest BCUT2D eigenvalue weighted by atomic mass is 35.5. The number of Topliss-reactive ketones (excluding diaryl/α,β-unsaturated/α-hetero) is 1. The molecular formula is C19H15ClN2O. The van der Waals surface area contributed by atoms with Crippen LogP contribution in [0, 0.1) is 25.2 Å². The van der Waals surface area contributed by atoms with Crippen molar-refractivity contribution in [3.63, 3.8) is 0 Å². The number of aromatic nitrogens is 1. The molecule has 0 aliphatic heterocycles. The molecule has 1 aromatic heterocycles. The monoisotopic (exact) mass is 322 g/mol. The van der Waals surface area contributed by atoms with E-state index in [9.17, 15) is 4.79 Å². The molecule has 23 heavy (non-hydrogen) atoms. The topological polar surface area (TPSA) is 45.8 Å². The van der Waals surface area contributed by atoms with E-state index in [1.165, 1.54) is 0 Å². The summed E-state index contributed by atoms with van der Waals surface area (Å²) in [6.45, 7) is 3.95. The molecule has 3 aromatic rings. The van der Waals surface area contributed by atoms with E-state index < -0.39 is 0 Å². The number of hydrogen-bond acceptors (Lipinski definition) is 2. The lowest BCUT2D eigenvalue weighted by Crippen LogP contribution is -2.04. The number of aryl methyl sites for hydroxylation is 1. The number of benzene rings is 2. The van der Waals surface area contributed by atoms with Crippen LogP contribution in [0.1, 0.15) is 27.2 Å². The van der Waals surface area contributed by atoms with Gasteiger partial charge in [0.25, 0.3) is 0 Å². The van der Waals surface area contributed by atoms with Crippen molar-refractivity contribution in [2.24, 2.45) is 0 Å². The van der Waals surface area contributed by atoms with Crippen LogP contribution in [0.2, 0.25) is 0 Å². The number of nitrogens with zero attached hydrogens (tertiary/aromatic N) is 2. The molecule has 0 bridgehead atoms. The second kappa shape index (κ2) is 5.91. The molecule has 0 N–H and O–H groups in total. The molecule has 2 aromatic carbocycles. The van der Waals surface area contributed by atoms with E-state index in [-0.39, 0.29) is 11.7 Å². The minimum atomic E-state index is -0.0783. The lowest BCUT2D eigenvalue weighted by atomic mass is 10.1. The van der Waals surface area contributed by atoms with Crippen LogP contribution in [-0.4, -0.2) is 16.2 Å². The third-order valence-corrected chi connectivity index (χ3v) is 4.26. The van der Waals surface area contributed by atoms with Crippen molar-refractivity contribution in [2.75, 3.05) is 5.88 Å². The van der Waals surface area contributed by atoms with E-state index in [1.54, 1.807) is 12.1 Å². The van der Waals surface area contributed by atoms with Crippen molar-refractivity contribution >= 4 is 28.3 Å². The van der Waals surface area contributed by atoms with Gasteiger partial charge in [0.2, 0.25) is 0 Å². The van der Waals surface area contributed by atoms with Crippen molar-refractivity contribution in [3.05, 3.63) is 64.8 Å². The van der Waals surface area contributed by atoms with Crippen LogP contribution in [0.5, 0.6) is 0 Å². The predicted molar refractivity (Wildman–Crippen MR) is 92.5 cm³/mol. The van der Waals surface area contributed by atoms with Crippen LogP contribution < -0.4 is 0 Å². The van der Waals surface area contributed by atoms with E-state index >= 15 is 0 Å². The molecule has 0 saturated heterocycles. The molecule has 0 radical (unpaired) electrons. The van der Waals surface area contributed by atoms with Crippen LogP contribution >= 0.6 is 11.6 Å². The average molecular weight is 323 g/mol. The molecule has 4 heteroatoms. The van der Waals surface area contributed by atoms with Gasteiger partial charge in [-0.05, 0) is 49.7 Å². The Kier molecular flexibility index (Phi) is 3.94. The summed E-state index contributed by atoms with van der Waals surface area (Å²) in [5.41, 5.74) is 5.15. The van der Waals surface area contributed by atoms with Gasteiger partial charge in [-0.2, -0.15) is 5.26 Å². The summed E-state index contributed by atoms with van der Waals surface area (Å²) in [7, 11) is 0. The van der Waals surface area contributed by atoms with Gasteiger partial charge >= 0.3 is 0 Å². The molecule has 3 nitrogen and oxygen atoms in total. The number of nitriles is 1. The van der Waals surface area contributed by atoms with E-state index in [2.05, 4.69) is 12.1 Å². The molecule has 0 aliphatic carbocycles. The highest BCUT2D eigenvalue weighted by Gasteiger charge is 2.20. The van der Waals surface area contributed by atoms with Gasteiger partial charge in [0.05, 0.1) is 23.0 Å². The zero-order valence-corrected chi connectivity index (χ0v) is 13.7. The fourth-order valence-corrected chi connectivity index (χ4v) is 3.10. The number of halogens is 1. The summed E-state index contributed by atoms with van der Waals surface area (Å²) in [5, 5.41) is 9.86. The van der Waals surface area contributed by atoms with Gasteiger partial charge in [-0.3, -0.25) is 4.79 Å². The third-order valence-electron chi connectivity index (χ3n) is 4.02.